The number of hydrogen-bond acceptors (Lipinski definition) is 7. The van der Waals surface area contributed by atoms with Crippen LogP contribution in [-0.2, 0) is 24.4 Å². The molecule has 1 aliphatic heterocycles. The number of carboxylic acids is 1. The number of benzene rings is 3. The number of hydrogen-bond donors (Lipinski definition) is 2. The fraction of sp³-hybridized carbons (Fsp3) is 0.278. The van der Waals surface area contributed by atoms with Gasteiger partial charge < -0.3 is 24.5 Å². The molecule has 0 spiro atoms. The number of nitrogens with zero attached hydrogens (tertiary/aromatic N) is 5. The van der Waals surface area contributed by atoms with E-state index in [4.69, 9.17) is 26.0 Å². The number of rotatable bonds is 12. The first-order valence-electron chi connectivity index (χ1n) is 15.6. The van der Waals surface area contributed by atoms with E-state index in [1.807, 2.05) is 22.8 Å². The molecule has 6 rings (SSSR count). The molecule has 48 heavy (non-hydrogen) atoms. The van der Waals surface area contributed by atoms with Crippen molar-refractivity contribution < 1.29 is 28.2 Å². The van der Waals surface area contributed by atoms with E-state index in [1.54, 1.807) is 49.6 Å². The standard InChI is InChI=1S/C36H34F2N6O4/c1-39-26-12-11-24(28(37)19-26)22-48-32-10-6-9-29(41-32)23-13-15-43(16-14-23)21-31-42-35-30(44(31)17-18-47-2)20-27(36(45)46)34(33(35)38)40-25-7-4-3-5-8-25/h3-12,19-20,23,40H,13-18,21-22H2,2H3,(H,45,46). The number of anilines is 2. The van der Waals surface area contributed by atoms with Crippen molar-refractivity contribution >= 4 is 34.1 Å². The lowest BCUT2D eigenvalue weighted by Gasteiger charge is -2.31. The second-order valence-corrected chi connectivity index (χ2v) is 11.6. The fourth-order valence-corrected chi connectivity index (χ4v) is 5.98. The summed E-state index contributed by atoms with van der Waals surface area (Å²) >= 11 is 0. The molecule has 10 nitrogen and oxygen atoms in total. The highest BCUT2D eigenvalue weighted by Gasteiger charge is 2.27. The predicted octanol–water partition coefficient (Wildman–Crippen LogP) is 7.31. The number of para-hydroxylation sites is 1. The highest BCUT2D eigenvalue weighted by atomic mass is 19.1. The summed E-state index contributed by atoms with van der Waals surface area (Å²) in [5.74, 6) is -1.24. The number of piperidine rings is 1. The molecule has 246 valence electrons. The Morgan fingerprint density at radius 3 is 2.56 bits per heavy atom. The Bertz CT molecular complexity index is 1970. The average molecular weight is 653 g/mol. The van der Waals surface area contributed by atoms with Crippen molar-refractivity contribution in [1.82, 2.24) is 19.4 Å². The Hall–Kier alpha value is -5.38. The first kappa shape index (κ1) is 32.6. The average Bonchev–Trinajstić information content (AvgIpc) is 3.45. The van der Waals surface area contributed by atoms with E-state index in [0.717, 1.165) is 31.6 Å². The molecule has 12 heteroatoms. The first-order chi connectivity index (χ1) is 23.3. The summed E-state index contributed by atoms with van der Waals surface area (Å²) in [6.07, 6.45) is 1.65. The minimum Gasteiger partial charge on any atom is -0.478 e. The summed E-state index contributed by atoms with van der Waals surface area (Å²) in [6, 6.07) is 20.2. The van der Waals surface area contributed by atoms with E-state index in [2.05, 4.69) is 15.1 Å². The van der Waals surface area contributed by atoms with Crippen LogP contribution in [0.25, 0.3) is 15.9 Å². The van der Waals surface area contributed by atoms with Gasteiger partial charge in [-0.1, -0.05) is 36.4 Å². The van der Waals surface area contributed by atoms with Crippen LogP contribution in [0.4, 0.5) is 25.8 Å². The van der Waals surface area contributed by atoms with Crippen LogP contribution >= 0.6 is 0 Å². The van der Waals surface area contributed by atoms with E-state index in [0.29, 0.717) is 48.2 Å². The second-order valence-electron chi connectivity index (χ2n) is 11.6. The maximum Gasteiger partial charge on any atom is 0.338 e. The van der Waals surface area contributed by atoms with Gasteiger partial charge >= 0.3 is 5.97 Å². The molecule has 1 fully saturated rings. The lowest BCUT2D eigenvalue weighted by atomic mass is 9.93. The molecule has 0 aliphatic carbocycles. The van der Waals surface area contributed by atoms with Crippen molar-refractivity contribution in [2.45, 2.75) is 38.5 Å². The van der Waals surface area contributed by atoms with Gasteiger partial charge in [0.15, 0.2) is 11.5 Å². The number of carbonyl (C=O) groups is 1. The zero-order valence-electron chi connectivity index (χ0n) is 26.3. The molecule has 1 aliphatic rings. The summed E-state index contributed by atoms with van der Waals surface area (Å²) in [6.45, 7) is 9.69. The zero-order chi connectivity index (χ0) is 33.6. The Kier molecular flexibility index (Phi) is 9.89. The third-order valence-corrected chi connectivity index (χ3v) is 8.51. The molecule has 0 radical (unpaired) electrons. The number of imidazole rings is 1. The quantitative estimate of drug-likeness (QED) is 0.135. The van der Waals surface area contributed by atoms with Crippen LogP contribution < -0.4 is 10.1 Å². The number of nitrogens with one attached hydrogen (secondary N) is 1. The van der Waals surface area contributed by atoms with Gasteiger partial charge in [0.05, 0.1) is 36.5 Å². The van der Waals surface area contributed by atoms with Gasteiger partial charge in [-0.15, -0.1) is 0 Å². The minimum absolute atomic E-state index is 0.00144. The van der Waals surface area contributed by atoms with E-state index >= 15 is 4.39 Å². The molecule has 0 atom stereocenters. The number of carboxylic acid groups (broad SMARTS) is 1. The molecule has 5 aromatic rings. The van der Waals surface area contributed by atoms with E-state index < -0.39 is 17.6 Å². The molecule has 0 amide bonds. The number of pyridine rings is 1. The lowest BCUT2D eigenvalue weighted by molar-refractivity contribution is 0.0697. The van der Waals surface area contributed by atoms with Crippen LogP contribution in [0.15, 0.2) is 72.8 Å². The summed E-state index contributed by atoms with van der Waals surface area (Å²) < 4.78 is 43.3. The number of likely N-dealkylation sites (tertiary alicyclic amines) is 1. The topological polar surface area (TPSA) is 106 Å². The SMILES string of the molecule is [C-]#[N+]c1ccc(COc2cccc(C3CCN(Cc4nc5c(F)c(Nc6ccccc6)c(C(=O)O)cc5n4CCOC)CC3)n2)c(F)c1. The molecular formula is C36H34F2N6O4. The largest absolute Gasteiger partial charge is 0.478 e. The van der Waals surface area contributed by atoms with Crippen LogP contribution in [0.5, 0.6) is 5.88 Å². The van der Waals surface area contributed by atoms with Gasteiger partial charge in [0.2, 0.25) is 5.88 Å². The summed E-state index contributed by atoms with van der Waals surface area (Å²) in [5.41, 5.74) is 2.22. The van der Waals surface area contributed by atoms with E-state index in [1.165, 1.54) is 12.1 Å². The number of aromatic carboxylic acids is 1. The molecule has 0 bridgehead atoms. The molecule has 2 N–H and O–H groups in total. The maximum atomic E-state index is 16.1. The van der Waals surface area contributed by atoms with Crippen molar-refractivity contribution in [3.63, 3.8) is 0 Å². The van der Waals surface area contributed by atoms with Gasteiger partial charge in [-0.25, -0.2) is 28.4 Å². The third-order valence-electron chi connectivity index (χ3n) is 8.51. The number of fused-ring (bicyclic) bond motifs is 1. The van der Waals surface area contributed by atoms with E-state index in [-0.39, 0.29) is 35.0 Å². The third kappa shape index (κ3) is 7.12. The molecule has 0 unspecified atom stereocenters. The highest BCUT2D eigenvalue weighted by molar-refractivity contribution is 6.00. The maximum absolute atomic E-state index is 16.1. The molecule has 2 aromatic heterocycles. The Morgan fingerprint density at radius 2 is 1.85 bits per heavy atom. The molecule has 3 aromatic carbocycles. The smallest absolute Gasteiger partial charge is 0.338 e. The number of methoxy groups -OCH3 is 1. The normalized spacial score (nSPS) is 13.8. The zero-order valence-corrected chi connectivity index (χ0v) is 26.3. The lowest BCUT2D eigenvalue weighted by Crippen LogP contribution is -2.33. The number of aromatic nitrogens is 3. The van der Waals surface area contributed by atoms with E-state index in [9.17, 15) is 14.3 Å². The van der Waals surface area contributed by atoms with Crippen LogP contribution in [0.2, 0.25) is 0 Å². The predicted molar refractivity (Wildman–Crippen MR) is 177 cm³/mol. The van der Waals surface area contributed by atoms with Gasteiger partial charge in [0, 0.05) is 42.6 Å². The summed E-state index contributed by atoms with van der Waals surface area (Å²) in [4.78, 5) is 27.1. The fourth-order valence-electron chi connectivity index (χ4n) is 5.98. The monoisotopic (exact) mass is 652 g/mol. The van der Waals surface area contributed by atoms with Crippen LogP contribution in [0.3, 0.4) is 0 Å². The molecule has 1 saturated heterocycles. The molecule has 3 heterocycles. The van der Waals surface area contributed by atoms with Crippen molar-refractivity contribution in [3.8, 4) is 5.88 Å². The van der Waals surface area contributed by atoms with Gasteiger partial charge in [-0.2, -0.15) is 0 Å². The summed E-state index contributed by atoms with van der Waals surface area (Å²) in [7, 11) is 1.58. The molecular weight excluding hydrogens is 618 g/mol. The van der Waals surface area contributed by atoms with Crippen LogP contribution in [-0.4, -0.2) is 57.3 Å². The van der Waals surface area contributed by atoms with Crippen molar-refractivity contribution in [2.24, 2.45) is 0 Å². The Labute approximate surface area is 276 Å². The van der Waals surface area contributed by atoms with Gasteiger partial charge in [0.25, 0.3) is 0 Å². The van der Waals surface area contributed by atoms with Gasteiger partial charge in [-0.3, -0.25) is 4.90 Å². The van der Waals surface area contributed by atoms with Crippen molar-refractivity contribution in [1.29, 1.82) is 0 Å². The van der Waals surface area contributed by atoms with Gasteiger partial charge in [0.1, 0.15) is 23.8 Å². The van der Waals surface area contributed by atoms with Crippen molar-refractivity contribution in [3.05, 3.63) is 118 Å². The van der Waals surface area contributed by atoms with Crippen LogP contribution in [0.1, 0.15) is 46.2 Å². The Balaban J connectivity index is 1.17. The number of ether oxygens (including phenoxy) is 2. The highest BCUT2D eigenvalue weighted by Crippen LogP contribution is 2.33. The minimum atomic E-state index is -1.25. The first-order valence-corrected chi connectivity index (χ1v) is 15.6. The van der Waals surface area contributed by atoms with Gasteiger partial charge in [-0.05, 0) is 56.3 Å². The Morgan fingerprint density at radius 1 is 1.06 bits per heavy atom. The number of halogens is 2. The molecule has 0 saturated carbocycles. The van der Waals surface area contributed by atoms with Crippen molar-refractivity contribution in [2.75, 3.05) is 32.1 Å². The second kappa shape index (κ2) is 14.6. The summed E-state index contributed by atoms with van der Waals surface area (Å²) in [5, 5.41) is 12.9. The van der Waals surface area contributed by atoms with Crippen LogP contribution in [0, 0.1) is 18.2 Å².